The summed E-state index contributed by atoms with van der Waals surface area (Å²) >= 11 is 0. The fourth-order valence-electron chi connectivity index (χ4n) is 3.04. The molecular formula is C21H17FN4O. The molecule has 0 atom stereocenters. The SMILES string of the molecule is CNc1nc(-c2cccnc2)nc2cc(F)c(-c3ccccc3OC)cc12. The zero-order valence-electron chi connectivity index (χ0n) is 14.9. The first-order chi connectivity index (χ1) is 13.2. The second-order valence-corrected chi connectivity index (χ2v) is 5.94. The Labute approximate surface area is 155 Å². The Balaban J connectivity index is 1.95. The van der Waals surface area contributed by atoms with Crippen LogP contribution in [0.4, 0.5) is 10.2 Å². The van der Waals surface area contributed by atoms with Gasteiger partial charge in [0.15, 0.2) is 5.82 Å². The van der Waals surface area contributed by atoms with Crippen LogP contribution in [0.15, 0.2) is 60.9 Å². The Morgan fingerprint density at radius 2 is 1.85 bits per heavy atom. The first kappa shape index (κ1) is 16.9. The van der Waals surface area contributed by atoms with Crippen molar-refractivity contribution in [3.05, 3.63) is 66.7 Å². The molecule has 0 aliphatic heterocycles. The molecule has 6 heteroatoms. The highest BCUT2D eigenvalue weighted by molar-refractivity contribution is 5.94. The molecule has 0 radical (unpaired) electrons. The van der Waals surface area contributed by atoms with Crippen LogP contribution in [0.3, 0.4) is 0 Å². The van der Waals surface area contributed by atoms with Crippen molar-refractivity contribution < 1.29 is 9.13 Å². The predicted molar refractivity (Wildman–Crippen MR) is 104 cm³/mol. The van der Waals surface area contributed by atoms with E-state index in [0.29, 0.717) is 34.0 Å². The largest absolute Gasteiger partial charge is 0.496 e. The lowest BCUT2D eigenvalue weighted by Gasteiger charge is -2.13. The van der Waals surface area contributed by atoms with E-state index in [0.717, 1.165) is 10.9 Å². The van der Waals surface area contributed by atoms with Crippen molar-refractivity contribution in [2.75, 3.05) is 19.5 Å². The number of rotatable bonds is 4. The zero-order chi connectivity index (χ0) is 18.8. The number of para-hydroxylation sites is 1. The van der Waals surface area contributed by atoms with Crippen molar-refractivity contribution in [1.29, 1.82) is 0 Å². The third-order valence-electron chi connectivity index (χ3n) is 4.34. The van der Waals surface area contributed by atoms with Gasteiger partial charge in [-0.15, -0.1) is 0 Å². The van der Waals surface area contributed by atoms with Gasteiger partial charge in [0.25, 0.3) is 0 Å². The molecule has 4 aromatic rings. The predicted octanol–water partition coefficient (Wildman–Crippen LogP) is 4.55. The number of nitrogens with zero attached hydrogens (tertiary/aromatic N) is 3. The van der Waals surface area contributed by atoms with E-state index in [2.05, 4.69) is 20.3 Å². The minimum atomic E-state index is -0.370. The van der Waals surface area contributed by atoms with E-state index < -0.39 is 0 Å². The number of methoxy groups -OCH3 is 1. The van der Waals surface area contributed by atoms with Gasteiger partial charge >= 0.3 is 0 Å². The standard InChI is InChI=1S/C21H17FN4O/c1-23-21-16-10-15(14-7-3-4-8-19(14)27-2)17(22)11-18(16)25-20(26-21)13-6-5-9-24-12-13/h3-12H,1-2H3,(H,23,25,26). The smallest absolute Gasteiger partial charge is 0.163 e. The number of ether oxygens (including phenoxy) is 1. The Morgan fingerprint density at radius 3 is 2.59 bits per heavy atom. The summed E-state index contributed by atoms with van der Waals surface area (Å²) in [4.78, 5) is 13.2. The van der Waals surface area contributed by atoms with Crippen LogP contribution in [-0.4, -0.2) is 29.1 Å². The minimum Gasteiger partial charge on any atom is -0.496 e. The molecule has 2 heterocycles. The number of hydrogen-bond donors (Lipinski definition) is 1. The van der Waals surface area contributed by atoms with E-state index in [1.54, 1.807) is 38.7 Å². The van der Waals surface area contributed by atoms with Gasteiger partial charge in [0, 0.05) is 47.6 Å². The van der Waals surface area contributed by atoms with Gasteiger partial charge in [-0.3, -0.25) is 4.98 Å². The van der Waals surface area contributed by atoms with E-state index in [1.165, 1.54) is 6.07 Å². The highest BCUT2D eigenvalue weighted by Gasteiger charge is 2.16. The van der Waals surface area contributed by atoms with E-state index >= 15 is 0 Å². The molecule has 0 aliphatic rings. The second-order valence-electron chi connectivity index (χ2n) is 5.94. The average molecular weight is 360 g/mol. The van der Waals surface area contributed by atoms with Gasteiger partial charge in [-0.05, 0) is 24.3 Å². The molecule has 27 heavy (non-hydrogen) atoms. The number of pyridine rings is 1. The Bertz CT molecular complexity index is 1120. The average Bonchev–Trinajstić information content (AvgIpc) is 2.73. The topological polar surface area (TPSA) is 59.9 Å². The Hall–Kier alpha value is -3.54. The van der Waals surface area contributed by atoms with Crippen molar-refractivity contribution in [3.63, 3.8) is 0 Å². The number of halogens is 1. The summed E-state index contributed by atoms with van der Waals surface area (Å²) < 4.78 is 20.3. The molecule has 4 rings (SSSR count). The lowest BCUT2D eigenvalue weighted by molar-refractivity contribution is 0.416. The number of nitrogens with one attached hydrogen (secondary N) is 1. The number of anilines is 1. The first-order valence-corrected chi connectivity index (χ1v) is 8.44. The summed E-state index contributed by atoms with van der Waals surface area (Å²) in [7, 11) is 3.35. The second kappa shape index (κ2) is 6.99. The fraction of sp³-hybridized carbons (Fsp3) is 0.0952. The van der Waals surface area contributed by atoms with Crippen molar-refractivity contribution in [2.24, 2.45) is 0 Å². The first-order valence-electron chi connectivity index (χ1n) is 8.44. The third-order valence-corrected chi connectivity index (χ3v) is 4.34. The van der Waals surface area contributed by atoms with Crippen LogP contribution in [0.25, 0.3) is 33.4 Å². The molecular weight excluding hydrogens is 343 g/mol. The third kappa shape index (κ3) is 3.06. The maximum absolute atomic E-state index is 14.9. The summed E-state index contributed by atoms with van der Waals surface area (Å²) in [5.41, 5.74) is 2.40. The van der Waals surface area contributed by atoms with E-state index in [4.69, 9.17) is 4.74 Å². The van der Waals surface area contributed by atoms with Crippen LogP contribution in [0.2, 0.25) is 0 Å². The van der Waals surface area contributed by atoms with Crippen LogP contribution in [0.5, 0.6) is 5.75 Å². The van der Waals surface area contributed by atoms with Gasteiger partial charge in [0.05, 0.1) is 12.6 Å². The van der Waals surface area contributed by atoms with Crippen molar-refractivity contribution in [2.45, 2.75) is 0 Å². The normalized spacial score (nSPS) is 10.8. The summed E-state index contributed by atoms with van der Waals surface area (Å²) in [5.74, 6) is 1.35. The van der Waals surface area contributed by atoms with Gasteiger partial charge in [-0.2, -0.15) is 0 Å². The molecule has 0 spiro atoms. The molecule has 0 bridgehead atoms. The molecule has 5 nitrogen and oxygen atoms in total. The monoisotopic (exact) mass is 360 g/mol. The van der Waals surface area contributed by atoms with E-state index in [9.17, 15) is 4.39 Å². The molecule has 0 saturated heterocycles. The highest BCUT2D eigenvalue weighted by Crippen LogP contribution is 2.35. The summed E-state index contributed by atoms with van der Waals surface area (Å²) in [5, 5.41) is 3.81. The fourth-order valence-corrected chi connectivity index (χ4v) is 3.04. The van der Waals surface area contributed by atoms with Crippen molar-refractivity contribution in [3.8, 4) is 28.3 Å². The lowest BCUT2D eigenvalue weighted by atomic mass is 10.0. The molecule has 0 aliphatic carbocycles. The molecule has 0 fully saturated rings. The summed E-state index contributed by atoms with van der Waals surface area (Å²) in [6.07, 6.45) is 3.36. The molecule has 1 N–H and O–H groups in total. The minimum absolute atomic E-state index is 0.370. The quantitative estimate of drug-likeness (QED) is 0.579. The van der Waals surface area contributed by atoms with Crippen LogP contribution in [-0.2, 0) is 0 Å². The Kier molecular flexibility index (Phi) is 4.38. The molecule has 2 aromatic carbocycles. The highest BCUT2D eigenvalue weighted by atomic mass is 19.1. The van der Waals surface area contributed by atoms with Gasteiger partial charge in [-0.1, -0.05) is 18.2 Å². The molecule has 134 valence electrons. The summed E-state index contributed by atoms with van der Waals surface area (Å²) in [6.45, 7) is 0. The zero-order valence-corrected chi connectivity index (χ0v) is 14.9. The number of fused-ring (bicyclic) bond motifs is 1. The van der Waals surface area contributed by atoms with Crippen molar-refractivity contribution >= 4 is 16.7 Å². The number of hydrogen-bond acceptors (Lipinski definition) is 5. The van der Waals surface area contributed by atoms with Crippen LogP contribution >= 0.6 is 0 Å². The molecule has 2 aromatic heterocycles. The summed E-state index contributed by atoms with van der Waals surface area (Å²) in [6, 6.07) is 14.2. The lowest BCUT2D eigenvalue weighted by Crippen LogP contribution is -2.00. The number of aromatic nitrogens is 3. The van der Waals surface area contributed by atoms with E-state index in [-0.39, 0.29) is 5.82 Å². The van der Waals surface area contributed by atoms with Crippen LogP contribution < -0.4 is 10.1 Å². The molecule has 0 saturated carbocycles. The van der Waals surface area contributed by atoms with Crippen LogP contribution in [0, 0.1) is 5.82 Å². The number of benzene rings is 2. The van der Waals surface area contributed by atoms with Gasteiger partial charge in [0.2, 0.25) is 0 Å². The van der Waals surface area contributed by atoms with Gasteiger partial charge in [-0.25, -0.2) is 14.4 Å². The molecule has 0 unspecified atom stereocenters. The maximum atomic E-state index is 14.9. The van der Waals surface area contributed by atoms with Crippen molar-refractivity contribution in [1.82, 2.24) is 15.0 Å². The van der Waals surface area contributed by atoms with Crippen LogP contribution in [0.1, 0.15) is 0 Å². The van der Waals surface area contributed by atoms with Gasteiger partial charge in [0.1, 0.15) is 17.4 Å². The Morgan fingerprint density at radius 1 is 1.00 bits per heavy atom. The van der Waals surface area contributed by atoms with Gasteiger partial charge < -0.3 is 10.1 Å². The maximum Gasteiger partial charge on any atom is 0.163 e. The molecule has 0 amide bonds. The van der Waals surface area contributed by atoms with E-state index in [1.807, 2.05) is 30.3 Å².